The first-order valence-corrected chi connectivity index (χ1v) is 11.1. The molecule has 0 radical (unpaired) electrons. The lowest BCUT2D eigenvalue weighted by atomic mass is 10.1. The molecule has 0 unspecified atom stereocenters. The van der Waals surface area contributed by atoms with Gasteiger partial charge in [-0.3, -0.25) is 4.68 Å². The molecule has 29 heavy (non-hydrogen) atoms. The third-order valence-corrected chi connectivity index (χ3v) is 4.84. The van der Waals surface area contributed by atoms with Crippen molar-refractivity contribution in [2.24, 2.45) is 4.99 Å². The monoisotopic (exact) mass is 534 g/mol. The first-order valence-electron chi connectivity index (χ1n) is 9.24. The van der Waals surface area contributed by atoms with Crippen LogP contribution in [0.4, 0.5) is 0 Å². The van der Waals surface area contributed by atoms with E-state index in [2.05, 4.69) is 37.6 Å². The lowest BCUT2D eigenvalue weighted by Gasteiger charge is -2.26. The summed E-state index contributed by atoms with van der Waals surface area (Å²) in [6.07, 6.45) is 4.85. The number of hydrogen-bond acceptors (Lipinski definition) is 4. The Labute approximate surface area is 190 Å². The van der Waals surface area contributed by atoms with Crippen molar-refractivity contribution in [3.8, 4) is 0 Å². The van der Waals surface area contributed by atoms with Crippen molar-refractivity contribution in [2.45, 2.75) is 39.4 Å². The van der Waals surface area contributed by atoms with Gasteiger partial charge < -0.3 is 10.6 Å². The molecule has 1 aromatic heterocycles. The zero-order chi connectivity index (χ0) is 20.6. The van der Waals surface area contributed by atoms with Gasteiger partial charge in [-0.2, -0.15) is 5.10 Å². The number of nitrogens with zero attached hydrogens (tertiary/aromatic N) is 3. The third-order valence-electron chi connectivity index (χ3n) is 3.92. The predicted octanol–water partition coefficient (Wildman–Crippen LogP) is 1.93. The number of sulfonamides is 1. The number of guanidine groups is 1. The van der Waals surface area contributed by atoms with Gasteiger partial charge in [-0.15, -0.1) is 24.0 Å². The number of halogens is 1. The van der Waals surface area contributed by atoms with Crippen molar-refractivity contribution < 1.29 is 8.42 Å². The van der Waals surface area contributed by atoms with Gasteiger partial charge in [0, 0.05) is 31.0 Å². The van der Waals surface area contributed by atoms with Gasteiger partial charge in [-0.05, 0) is 38.0 Å². The molecule has 0 saturated heterocycles. The highest BCUT2D eigenvalue weighted by Gasteiger charge is 2.22. The maximum Gasteiger partial charge on any atom is 0.209 e. The lowest BCUT2D eigenvalue weighted by molar-refractivity contribution is 0.446. The molecule has 3 N–H and O–H groups in total. The van der Waals surface area contributed by atoms with E-state index in [0.29, 0.717) is 32.1 Å². The fraction of sp³-hybridized carbons (Fsp3) is 0.474. The Bertz CT molecular complexity index is 882. The van der Waals surface area contributed by atoms with Crippen LogP contribution >= 0.6 is 24.0 Å². The molecule has 0 aliphatic carbocycles. The summed E-state index contributed by atoms with van der Waals surface area (Å²) < 4.78 is 27.5. The van der Waals surface area contributed by atoms with Crippen molar-refractivity contribution in [1.82, 2.24) is 25.1 Å². The van der Waals surface area contributed by atoms with E-state index in [9.17, 15) is 8.42 Å². The molecule has 10 heteroatoms. The van der Waals surface area contributed by atoms with Crippen molar-refractivity contribution in [2.75, 3.05) is 19.3 Å². The van der Waals surface area contributed by atoms with E-state index >= 15 is 0 Å². The van der Waals surface area contributed by atoms with Gasteiger partial charge in [0.1, 0.15) is 0 Å². The molecule has 2 rings (SSSR count). The molecule has 162 valence electrons. The Balaban J connectivity index is 0.00000420. The highest BCUT2D eigenvalue weighted by atomic mass is 127. The van der Waals surface area contributed by atoms with E-state index in [1.807, 2.05) is 49.8 Å². The molecule has 0 atom stereocenters. The summed E-state index contributed by atoms with van der Waals surface area (Å²) in [7, 11) is -3.29. The van der Waals surface area contributed by atoms with Crippen molar-refractivity contribution in [3.63, 3.8) is 0 Å². The molecule has 0 bridgehead atoms. The summed E-state index contributed by atoms with van der Waals surface area (Å²) in [6, 6.07) is 10.0. The standard InChI is InChI=1S/C19H30N6O2S.HI/c1-5-20-18(22-15-19(2,3)24-28(4,26)27)21-13-16-9-6-7-10-17(16)14-25-12-8-11-23-25;/h6-12,24H,5,13-15H2,1-4H3,(H2,20,21,22);1H. The normalized spacial score (nSPS) is 12.3. The molecule has 8 nitrogen and oxygen atoms in total. The summed E-state index contributed by atoms with van der Waals surface area (Å²) in [5.41, 5.74) is 1.63. The zero-order valence-corrected chi connectivity index (χ0v) is 20.5. The summed E-state index contributed by atoms with van der Waals surface area (Å²) >= 11 is 0. The first-order chi connectivity index (χ1) is 13.2. The largest absolute Gasteiger partial charge is 0.357 e. The van der Waals surface area contributed by atoms with E-state index in [-0.39, 0.29) is 24.0 Å². The van der Waals surface area contributed by atoms with E-state index in [1.165, 1.54) is 0 Å². The molecule has 0 aliphatic rings. The lowest BCUT2D eigenvalue weighted by Crippen LogP contribution is -2.53. The predicted molar refractivity (Wildman–Crippen MR) is 128 cm³/mol. The molecule has 0 spiro atoms. The van der Waals surface area contributed by atoms with Gasteiger partial charge in [0.05, 0.1) is 19.3 Å². The maximum atomic E-state index is 11.5. The average Bonchev–Trinajstić information content (AvgIpc) is 3.09. The molecular weight excluding hydrogens is 503 g/mol. The fourth-order valence-corrected chi connectivity index (χ4v) is 3.86. The number of benzene rings is 1. The molecule has 1 heterocycles. The van der Waals surface area contributed by atoms with Crippen molar-refractivity contribution >= 4 is 40.0 Å². The Morgan fingerprint density at radius 3 is 2.45 bits per heavy atom. The minimum atomic E-state index is -3.29. The van der Waals surface area contributed by atoms with Crippen LogP contribution in [0.25, 0.3) is 0 Å². The second kappa shape index (κ2) is 11.5. The van der Waals surface area contributed by atoms with Crippen LogP contribution < -0.4 is 15.4 Å². The van der Waals surface area contributed by atoms with Gasteiger partial charge in [0.25, 0.3) is 0 Å². The highest BCUT2D eigenvalue weighted by Crippen LogP contribution is 2.12. The zero-order valence-electron chi connectivity index (χ0n) is 17.3. The molecule has 0 saturated carbocycles. The molecule has 0 fully saturated rings. The Hall–Kier alpha value is -1.66. The summed E-state index contributed by atoms with van der Waals surface area (Å²) in [5.74, 6) is 0.639. The SMILES string of the molecule is CCNC(=NCc1ccccc1Cn1cccn1)NCC(C)(C)NS(C)(=O)=O.I. The Morgan fingerprint density at radius 2 is 1.86 bits per heavy atom. The van der Waals surface area contributed by atoms with Gasteiger partial charge in [0.2, 0.25) is 10.0 Å². The van der Waals surface area contributed by atoms with Crippen LogP contribution in [-0.4, -0.2) is 49.0 Å². The molecule has 0 aliphatic heterocycles. The summed E-state index contributed by atoms with van der Waals surface area (Å²) in [6.45, 7) is 7.94. The number of aliphatic imine (C=N–C) groups is 1. The molecule has 0 amide bonds. The smallest absolute Gasteiger partial charge is 0.209 e. The van der Waals surface area contributed by atoms with E-state index in [1.54, 1.807) is 6.20 Å². The van der Waals surface area contributed by atoms with E-state index in [4.69, 9.17) is 0 Å². The summed E-state index contributed by atoms with van der Waals surface area (Å²) in [4.78, 5) is 4.66. The second-order valence-corrected chi connectivity index (χ2v) is 9.03. The van der Waals surface area contributed by atoms with Crippen LogP contribution in [-0.2, 0) is 23.1 Å². The van der Waals surface area contributed by atoms with Crippen LogP contribution in [0.1, 0.15) is 31.9 Å². The molecule has 1 aromatic carbocycles. The highest BCUT2D eigenvalue weighted by molar-refractivity contribution is 14.0. The Morgan fingerprint density at radius 1 is 1.17 bits per heavy atom. The first kappa shape index (κ1) is 25.4. The van der Waals surface area contributed by atoms with Crippen LogP contribution in [0.3, 0.4) is 0 Å². The maximum absolute atomic E-state index is 11.5. The van der Waals surface area contributed by atoms with Crippen LogP contribution in [0, 0.1) is 0 Å². The van der Waals surface area contributed by atoms with Gasteiger partial charge in [-0.1, -0.05) is 24.3 Å². The number of nitrogens with one attached hydrogen (secondary N) is 3. The topological polar surface area (TPSA) is 100 Å². The van der Waals surface area contributed by atoms with Crippen LogP contribution in [0.15, 0.2) is 47.7 Å². The number of hydrogen-bond donors (Lipinski definition) is 3. The minimum absolute atomic E-state index is 0. The molecular formula is C19H31IN6O2S. The number of rotatable bonds is 9. The minimum Gasteiger partial charge on any atom is -0.357 e. The van der Waals surface area contributed by atoms with Crippen LogP contribution in [0.2, 0.25) is 0 Å². The quantitative estimate of drug-likeness (QED) is 0.260. The van der Waals surface area contributed by atoms with Crippen molar-refractivity contribution in [1.29, 1.82) is 0 Å². The Kier molecular flexibility index (Phi) is 10.1. The van der Waals surface area contributed by atoms with E-state index in [0.717, 1.165) is 17.4 Å². The fourth-order valence-electron chi connectivity index (χ4n) is 2.78. The second-order valence-electron chi connectivity index (χ2n) is 7.28. The summed E-state index contributed by atoms with van der Waals surface area (Å²) in [5, 5.41) is 10.7. The van der Waals surface area contributed by atoms with Gasteiger partial charge >= 0.3 is 0 Å². The number of aromatic nitrogens is 2. The van der Waals surface area contributed by atoms with Crippen LogP contribution in [0.5, 0.6) is 0 Å². The average molecular weight is 534 g/mol. The molecule has 2 aromatic rings. The van der Waals surface area contributed by atoms with E-state index < -0.39 is 15.6 Å². The third kappa shape index (κ3) is 9.59. The van der Waals surface area contributed by atoms with Gasteiger partial charge in [-0.25, -0.2) is 18.1 Å². The van der Waals surface area contributed by atoms with Gasteiger partial charge in [0.15, 0.2) is 5.96 Å². The van der Waals surface area contributed by atoms with Crippen molar-refractivity contribution in [3.05, 3.63) is 53.9 Å².